The average Bonchev–Trinajstić information content (AvgIpc) is 2.30. The molecule has 3 N–H and O–H groups in total. The molecule has 0 bridgehead atoms. The van der Waals surface area contributed by atoms with E-state index >= 15 is 0 Å². The van der Waals surface area contributed by atoms with Crippen LogP contribution in [0.25, 0.3) is 0 Å². The first-order chi connectivity index (χ1) is 8.08. The monoisotopic (exact) mass is 231 g/mol. The Kier molecular flexibility index (Phi) is 3.36. The smallest absolute Gasteiger partial charge is 0.122 e. The van der Waals surface area contributed by atoms with Crippen molar-refractivity contribution in [2.24, 2.45) is 11.7 Å². The van der Waals surface area contributed by atoms with E-state index in [0.717, 1.165) is 24.6 Å². The summed E-state index contributed by atoms with van der Waals surface area (Å²) in [5.41, 5.74) is 8.82. The molecule has 1 aromatic rings. The molecule has 1 heterocycles. The third-order valence-electron chi connectivity index (χ3n) is 3.63. The number of nitrogen functional groups attached to an aromatic ring is 1. The van der Waals surface area contributed by atoms with Gasteiger partial charge in [-0.1, -0.05) is 6.92 Å². The van der Waals surface area contributed by atoms with Crippen molar-refractivity contribution in [2.45, 2.75) is 26.7 Å². The Hall–Kier alpha value is -1.51. The predicted octanol–water partition coefficient (Wildman–Crippen LogP) is 2.52. The lowest BCUT2D eigenvalue weighted by Crippen LogP contribution is -2.33. The second kappa shape index (κ2) is 4.78. The normalized spacial score (nSPS) is 17.2. The van der Waals surface area contributed by atoms with Gasteiger partial charge in [0, 0.05) is 24.3 Å². The van der Waals surface area contributed by atoms with Gasteiger partial charge in [-0.05, 0) is 49.4 Å². The molecule has 2 rings (SSSR count). The molecule has 0 spiro atoms. The molecule has 1 aromatic carbocycles. The van der Waals surface area contributed by atoms with Crippen molar-refractivity contribution in [1.82, 2.24) is 0 Å². The molecule has 3 heteroatoms. The largest absolute Gasteiger partial charge is 0.384 e. The number of hydrogen-bond donors (Lipinski definition) is 2. The zero-order chi connectivity index (χ0) is 12.4. The lowest BCUT2D eigenvalue weighted by Gasteiger charge is -2.33. The number of aryl methyl sites for hydroxylation is 1. The van der Waals surface area contributed by atoms with E-state index in [1.54, 1.807) is 0 Å². The number of anilines is 1. The third kappa shape index (κ3) is 2.60. The first-order valence-corrected chi connectivity index (χ1v) is 6.28. The second-order valence-corrected chi connectivity index (χ2v) is 5.08. The first-order valence-electron chi connectivity index (χ1n) is 6.28. The van der Waals surface area contributed by atoms with Gasteiger partial charge in [0.25, 0.3) is 0 Å². The van der Waals surface area contributed by atoms with E-state index in [2.05, 4.69) is 24.8 Å². The molecule has 17 heavy (non-hydrogen) atoms. The molecule has 0 aliphatic carbocycles. The van der Waals surface area contributed by atoms with E-state index in [1.165, 1.54) is 24.1 Å². The van der Waals surface area contributed by atoms with Crippen molar-refractivity contribution in [2.75, 3.05) is 18.0 Å². The summed E-state index contributed by atoms with van der Waals surface area (Å²) in [6.45, 7) is 6.70. The lowest BCUT2D eigenvalue weighted by atomic mass is 9.98. The molecule has 1 fully saturated rings. The fraction of sp³-hybridized carbons (Fsp3) is 0.500. The molecule has 0 saturated carbocycles. The first kappa shape index (κ1) is 12.0. The van der Waals surface area contributed by atoms with Crippen molar-refractivity contribution < 1.29 is 0 Å². The maximum atomic E-state index is 7.44. The average molecular weight is 231 g/mol. The van der Waals surface area contributed by atoms with Crippen molar-refractivity contribution >= 4 is 11.5 Å². The summed E-state index contributed by atoms with van der Waals surface area (Å²) in [5, 5.41) is 7.44. The van der Waals surface area contributed by atoms with Crippen LogP contribution in [0.2, 0.25) is 0 Å². The summed E-state index contributed by atoms with van der Waals surface area (Å²) in [7, 11) is 0. The van der Waals surface area contributed by atoms with E-state index < -0.39 is 0 Å². The quantitative estimate of drug-likeness (QED) is 0.607. The van der Waals surface area contributed by atoms with Gasteiger partial charge in [-0.3, -0.25) is 5.41 Å². The summed E-state index contributed by atoms with van der Waals surface area (Å²) < 4.78 is 0. The SMILES string of the molecule is Cc1cc(C(=N)N)ccc1N1CCC(C)CC1. The van der Waals surface area contributed by atoms with Crippen LogP contribution >= 0.6 is 0 Å². The Bertz CT molecular complexity index is 417. The van der Waals surface area contributed by atoms with E-state index in [4.69, 9.17) is 11.1 Å². The molecule has 0 atom stereocenters. The van der Waals surface area contributed by atoms with Crippen molar-refractivity contribution in [3.8, 4) is 0 Å². The third-order valence-corrected chi connectivity index (χ3v) is 3.63. The molecule has 3 nitrogen and oxygen atoms in total. The van der Waals surface area contributed by atoms with Gasteiger partial charge in [-0.15, -0.1) is 0 Å². The second-order valence-electron chi connectivity index (χ2n) is 5.08. The number of benzene rings is 1. The molecule has 0 amide bonds. The summed E-state index contributed by atoms with van der Waals surface area (Å²) in [6, 6.07) is 6.06. The Labute approximate surface area is 103 Å². The van der Waals surface area contributed by atoms with Gasteiger partial charge in [0.15, 0.2) is 0 Å². The number of nitrogens with two attached hydrogens (primary N) is 1. The molecule has 1 aliphatic rings. The van der Waals surface area contributed by atoms with Crippen LogP contribution in [0.5, 0.6) is 0 Å². The van der Waals surface area contributed by atoms with Crippen LogP contribution in [0, 0.1) is 18.3 Å². The van der Waals surface area contributed by atoms with Gasteiger partial charge in [0.05, 0.1) is 0 Å². The highest BCUT2D eigenvalue weighted by atomic mass is 15.1. The number of nitrogens with one attached hydrogen (secondary N) is 1. The van der Waals surface area contributed by atoms with Crippen molar-refractivity contribution in [3.05, 3.63) is 29.3 Å². The minimum absolute atomic E-state index is 0.145. The molecule has 0 unspecified atom stereocenters. The molecule has 92 valence electrons. The maximum Gasteiger partial charge on any atom is 0.122 e. The minimum Gasteiger partial charge on any atom is -0.384 e. The van der Waals surface area contributed by atoms with E-state index in [1.807, 2.05) is 12.1 Å². The summed E-state index contributed by atoms with van der Waals surface area (Å²) in [6.07, 6.45) is 2.54. The standard InChI is InChI=1S/C14H21N3/c1-10-5-7-17(8-6-10)13-4-3-12(14(15)16)9-11(13)2/h3-4,9-10H,5-8H2,1-2H3,(H3,15,16). The van der Waals surface area contributed by atoms with Crippen LogP contribution in [-0.2, 0) is 0 Å². The maximum absolute atomic E-state index is 7.44. The summed E-state index contributed by atoms with van der Waals surface area (Å²) >= 11 is 0. The minimum atomic E-state index is 0.145. The molecular formula is C14H21N3. The van der Waals surface area contributed by atoms with Crippen molar-refractivity contribution in [3.63, 3.8) is 0 Å². The van der Waals surface area contributed by atoms with Gasteiger partial charge in [0.2, 0.25) is 0 Å². The zero-order valence-corrected chi connectivity index (χ0v) is 10.7. The van der Waals surface area contributed by atoms with Gasteiger partial charge in [-0.25, -0.2) is 0 Å². The van der Waals surface area contributed by atoms with Crippen LogP contribution in [0.15, 0.2) is 18.2 Å². The fourth-order valence-corrected chi connectivity index (χ4v) is 2.43. The van der Waals surface area contributed by atoms with Crippen LogP contribution in [0.1, 0.15) is 30.9 Å². The van der Waals surface area contributed by atoms with E-state index in [-0.39, 0.29) is 5.84 Å². The number of hydrogen-bond acceptors (Lipinski definition) is 2. The fourth-order valence-electron chi connectivity index (χ4n) is 2.43. The molecule has 1 saturated heterocycles. The topological polar surface area (TPSA) is 53.1 Å². The molecular weight excluding hydrogens is 210 g/mol. The number of amidine groups is 1. The Balaban J connectivity index is 2.19. The van der Waals surface area contributed by atoms with Crippen LogP contribution in [0.4, 0.5) is 5.69 Å². The van der Waals surface area contributed by atoms with Crippen LogP contribution in [-0.4, -0.2) is 18.9 Å². The number of rotatable bonds is 2. The van der Waals surface area contributed by atoms with E-state index in [0.29, 0.717) is 0 Å². The number of nitrogens with zero attached hydrogens (tertiary/aromatic N) is 1. The highest BCUT2D eigenvalue weighted by Gasteiger charge is 2.17. The molecule has 0 aromatic heterocycles. The summed E-state index contributed by atoms with van der Waals surface area (Å²) in [5.74, 6) is 0.995. The summed E-state index contributed by atoms with van der Waals surface area (Å²) in [4.78, 5) is 2.44. The lowest BCUT2D eigenvalue weighted by molar-refractivity contribution is 0.438. The zero-order valence-electron chi connectivity index (χ0n) is 10.7. The predicted molar refractivity (Wildman–Crippen MR) is 72.8 cm³/mol. The Morgan fingerprint density at radius 3 is 2.53 bits per heavy atom. The Morgan fingerprint density at radius 1 is 1.35 bits per heavy atom. The highest BCUT2D eigenvalue weighted by Crippen LogP contribution is 2.26. The van der Waals surface area contributed by atoms with Crippen LogP contribution in [0.3, 0.4) is 0 Å². The highest BCUT2D eigenvalue weighted by molar-refractivity contribution is 5.95. The van der Waals surface area contributed by atoms with Crippen LogP contribution < -0.4 is 10.6 Å². The Morgan fingerprint density at radius 2 is 2.00 bits per heavy atom. The van der Waals surface area contributed by atoms with Crippen molar-refractivity contribution in [1.29, 1.82) is 5.41 Å². The van der Waals surface area contributed by atoms with Gasteiger partial charge in [0.1, 0.15) is 5.84 Å². The van der Waals surface area contributed by atoms with Gasteiger partial charge < -0.3 is 10.6 Å². The number of piperidine rings is 1. The molecule has 1 aliphatic heterocycles. The molecule has 0 radical (unpaired) electrons. The van der Waals surface area contributed by atoms with Gasteiger partial charge >= 0.3 is 0 Å². The van der Waals surface area contributed by atoms with E-state index in [9.17, 15) is 0 Å². The van der Waals surface area contributed by atoms with Gasteiger partial charge in [-0.2, -0.15) is 0 Å².